The molecule has 0 atom stereocenters. The lowest BCUT2D eigenvalue weighted by molar-refractivity contribution is -0.135. The van der Waals surface area contributed by atoms with E-state index in [0.29, 0.717) is 0 Å². The second-order valence-corrected chi connectivity index (χ2v) is 6.90. The number of anilines is 1. The normalized spacial score (nSPS) is 11.1. The molecule has 8 heteroatoms. The Labute approximate surface area is 139 Å². The lowest BCUT2D eigenvalue weighted by Gasteiger charge is -2.24. The van der Waals surface area contributed by atoms with Gasteiger partial charge >= 0.3 is 5.97 Å². The molecule has 2 aromatic rings. The first kappa shape index (κ1) is 17.7. The van der Waals surface area contributed by atoms with Crippen molar-refractivity contribution in [2.75, 3.05) is 18.0 Å². The molecule has 0 unspecified atom stereocenters. The first-order valence-electron chi connectivity index (χ1n) is 6.90. The quantitative estimate of drug-likeness (QED) is 0.862. The first-order chi connectivity index (χ1) is 11.3. The fourth-order valence-corrected chi connectivity index (χ4v) is 3.57. The van der Waals surface area contributed by atoms with E-state index in [2.05, 4.69) is 0 Å². The minimum atomic E-state index is -4.21. The highest BCUT2D eigenvalue weighted by Crippen LogP contribution is 2.33. The smallest absolute Gasteiger partial charge is 0.324 e. The second-order valence-electron chi connectivity index (χ2n) is 5.03. The molecule has 24 heavy (non-hydrogen) atoms. The average Bonchev–Trinajstić information content (AvgIpc) is 2.52. The molecule has 2 rings (SSSR count). The van der Waals surface area contributed by atoms with Crippen LogP contribution in [-0.2, 0) is 14.8 Å². The molecule has 6 nitrogen and oxygen atoms in total. The number of methoxy groups -OCH3 is 1. The summed E-state index contributed by atoms with van der Waals surface area (Å²) in [6.45, 7) is 0.950. The number of sulfonamides is 1. The monoisotopic (exact) mass is 353 g/mol. The van der Waals surface area contributed by atoms with E-state index in [0.717, 1.165) is 34.1 Å². The molecule has 0 radical (unpaired) electrons. The largest absolute Gasteiger partial charge is 0.495 e. The highest BCUT2D eigenvalue weighted by molar-refractivity contribution is 7.92. The van der Waals surface area contributed by atoms with Crippen LogP contribution in [0.4, 0.5) is 10.1 Å². The van der Waals surface area contributed by atoms with Crippen LogP contribution in [0.2, 0.25) is 0 Å². The number of aliphatic carboxylic acids is 1. The predicted octanol–water partition coefficient (Wildman–Crippen LogP) is 2.42. The number of ether oxygens (including phenoxy) is 1. The maximum atomic E-state index is 13.1. The van der Waals surface area contributed by atoms with Crippen LogP contribution in [0.5, 0.6) is 5.75 Å². The van der Waals surface area contributed by atoms with Crippen LogP contribution in [0.15, 0.2) is 47.4 Å². The van der Waals surface area contributed by atoms with E-state index in [1.807, 2.05) is 0 Å². The number of carboxylic acids is 1. The zero-order valence-electron chi connectivity index (χ0n) is 13.1. The third kappa shape index (κ3) is 3.65. The fraction of sp³-hybridized carbons (Fsp3) is 0.188. The zero-order chi connectivity index (χ0) is 17.9. The second kappa shape index (κ2) is 6.88. The van der Waals surface area contributed by atoms with E-state index < -0.39 is 28.4 Å². The number of aryl methyl sites for hydroxylation is 1. The third-order valence-corrected chi connectivity index (χ3v) is 5.06. The fourth-order valence-electron chi connectivity index (χ4n) is 2.15. The maximum absolute atomic E-state index is 13.1. The zero-order valence-corrected chi connectivity index (χ0v) is 13.9. The van der Waals surface area contributed by atoms with Crippen LogP contribution in [0.3, 0.4) is 0 Å². The van der Waals surface area contributed by atoms with Crippen molar-refractivity contribution in [1.82, 2.24) is 0 Å². The molecular formula is C16H16FNO5S. The average molecular weight is 353 g/mol. The molecule has 0 fully saturated rings. The Morgan fingerprint density at radius 2 is 1.83 bits per heavy atom. The van der Waals surface area contributed by atoms with Gasteiger partial charge in [-0.05, 0) is 48.9 Å². The number of rotatable bonds is 6. The van der Waals surface area contributed by atoms with Gasteiger partial charge in [0.25, 0.3) is 10.0 Å². The Bertz CT molecular complexity index is 849. The SMILES string of the molecule is COc1ccc(C)cc1N(CC(=O)O)S(=O)(=O)c1ccc(F)cc1. The summed E-state index contributed by atoms with van der Waals surface area (Å²) >= 11 is 0. The first-order valence-corrected chi connectivity index (χ1v) is 8.34. The molecule has 128 valence electrons. The standard InChI is InChI=1S/C16H16FNO5S/c1-11-3-8-15(23-2)14(9-11)18(10-16(19)20)24(21,22)13-6-4-12(17)5-7-13/h3-9H,10H2,1-2H3,(H,19,20). The number of hydrogen-bond donors (Lipinski definition) is 1. The van der Waals surface area contributed by atoms with Crippen molar-refractivity contribution in [3.8, 4) is 5.75 Å². The summed E-state index contributed by atoms with van der Waals surface area (Å²) < 4.78 is 44.6. The highest BCUT2D eigenvalue weighted by Gasteiger charge is 2.29. The highest BCUT2D eigenvalue weighted by atomic mass is 32.2. The van der Waals surface area contributed by atoms with Crippen molar-refractivity contribution >= 4 is 21.7 Å². The van der Waals surface area contributed by atoms with Crippen molar-refractivity contribution in [3.63, 3.8) is 0 Å². The number of benzene rings is 2. The Morgan fingerprint density at radius 3 is 2.38 bits per heavy atom. The lowest BCUT2D eigenvalue weighted by Crippen LogP contribution is -2.36. The summed E-state index contributed by atoms with van der Waals surface area (Å²) in [5.41, 5.74) is 0.833. The summed E-state index contributed by atoms with van der Waals surface area (Å²) in [5, 5.41) is 9.13. The number of carbonyl (C=O) groups is 1. The van der Waals surface area contributed by atoms with E-state index in [-0.39, 0.29) is 16.3 Å². The van der Waals surface area contributed by atoms with Crippen molar-refractivity contribution in [2.24, 2.45) is 0 Å². The van der Waals surface area contributed by atoms with E-state index in [4.69, 9.17) is 9.84 Å². The molecule has 0 aliphatic rings. The van der Waals surface area contributed by atoms with Gasteiger partial charge in [-0.2, -0.15) is 0 Å². The Hall–Kier alpha value is -2.61. The number of carboxylic acid groups (broad SMARTS) is 1. The van der Waals surface area contributed by atoms with Gasteiger partial charge in [-0.1, -0.05) is 6.07 Å². The van der Waals surface area contributed by atoms with Crippen molar-refractivity contribution in [3.05, 3.63) is 53.8 Å². The number of hydrogen-bond acceptors (Lipinski definition) is 4. The molecule has 0 saturated heterocycles. The molecule has 1 N–H and O–H groups in total. The van der Waals surface area contributed by atoms with Crippen molar-refractivity contribution in [1.29, 1.82) is 0 Å². The summed E-state index contributed by atoms with van der Waals surface area (Å²) in [6.07, 6.45) is 0. The van der Waals surface area contributed by atoms with Crippen molar-refractivity contribution in [2.45, 2.75) is 11.8 Å². The van der Waals surface area contributed by atoms with Gasteiger partial charge in [0, 0.05) is 0 Å². The van der Waals surface area contributed by atoms with E-state index in [1.165, 1.54) is 13.2 Å². The molecular weight excluding hydrogens is 337 g/mol. The van der Waals surface area contributed by atoms with Crippen LogP contribution < -0.4 is 9.04 Å². The molecule has 0 spiro atoms. The van der Waals surface area contributed by atoms with E-state index >= 15 is 0 Å². The van der Waals surface area contributed by atoms with Crippen LogP contribution in [0.1, 0.15) is 5.56 Å². The van der Waals surface area contributed by atoms with Gasteiger partial charge in [0.15, 0.2) is 0 Å². The molecule has 0 bridgehead atoms. The predicted molar refractivity (Wildman–Crippen MR) is 86.3 cm³/mol. The van der Waals surface area contributed by atoms with E-state index in [1.54, 1.807) is 19.1 Å². The van der Waals surface area contributed by atoms with Crippen LogP contribution in [-0.4, -0.2) is 33.1 Å². The Kier molecular flexibility index (Phi) is 5.08. The maximum Gasteiger partial charge on any atom is 0.324 e. The Balaban J connectivity index is 2.63. The Morgan fingerprint density at radius 1 is 1.21 bits per heavy atom. The molecule has 0 aliphatic heterocycles. The summed E-state index contributed by atoms with van der Waals surface area (Å²) in [7, 11) is -2.85. The van der Waals surface area contributed by atoms with Gasteiger partial charge in [-0.25, -0.2) is 12.8 Å². The minimum Gasteiger partial charge on any atom is -0.495 e. The molecule has 2 aromatic carbocycles. The van der Waals surface area contributed by atoms with Gasteiger partial charge in [0.2, 0.25) is 0 Å². The van der Waals surface area contributed by atoms with E-state index in [9.17, 15) is 17.6 Å². The number of nitrogens with zero attached hydrogens (tertiary/aromatic N) is 1. The van der Waals surface area contributed by atoms with Crippen molar-refractivity contribution < 1.29 is 27.4 Å². The lowest BCUT2D eigenvalue weighted by atomic mass is 10.2. The molecule has 0 heterocycles. The van der Waals surface area contributed by atoms with Crippen LogP contribution in [0, 0.1) is 12.7 Å². The van der Waals surface area contributed by atoms with Gasteiger partial charge < -0.3 is 9.84 Å². The minimum absolute atomic E-state index is 0.101. The van der Waals surface area contributed by atoms with Gasteiger partial charge in [-0.15, -0.1) is 0 Å². The molecule has 0 aliphatic carbocycles. The van der Waals surface area contributed by atoms with Crippen LogP contribution >= 0.6 is 0 Å². The van der Waals surface area contributed by atoms with Crippen LogP contribution in [0.25, 0.3) is 0 Å². The van der Waals surface area contributed by atoms with Gasteiger partial charge in [0.05, 0.1) is 17.7 Å². The number of halogens is 1. The third-order valence-electron chi connectivity index (χ3n) is 3.28. The van der Waals surface area contributed by atoms with Gasteiger partial charge in [-0.3, -0.25) is 9.10 Å². The summed E-state index contributed by atoms with van der Waals surface area (Å²) in [4.78, 5) is 11.0. The topological polar surface area (TPSA) is 83.9 Å². The van der Waals surface area contributed by atoms with Gasteiger partial charge in [0.1, 0.15) is 18.1 Å². The summed E-state index contributed by atoms with van der Waals surface area (Å²) in [5.74, 6) is -1.70. The molecule has 0 saturated carbocycles. The molecule has 0 amide bonds. The summed E-state index contributed by atoms with van der Waals surface area (Å²) in [6, 6.07) is 8.95. The molecule has 0 aromatic heterocycles.